The van der Waals surface area contributed by atoms with E-state index in [4.69, 9.17) is 18.9 Å². The Balaban J connectivity index is 0.000000647. The first-order chi connectivity index (χ1) is 44.2. The molecule has 17 nitrogen and oxygen atoms in total. The van der Waals surface area contributed by atoms with Crippen LogP contribution in [0.5, 0.6) is 23.0 Å². The number of rotatable bonds is 31. The average molecular weight is 1370 g/mol. The number of carbonyl (C=O) groups excluding carboxylic acids is 1. The van der Waals surface area contributed by atoms with Crippen LogP contribution in [-0.2, 0) is 72.0 Å². The van der Waals surface area contributed by atoms with Gasteiger partial charge in [0.05, 0.1) is 87.0 Å². The summed E-state index contributed by atoms with van der Waals surface area (Å²) < 4.78 is 22.9. The molecule has 0 amide bonds. The normalized spacial score (nSPS) is 19.1. The summed E-state index contributed by atoms with van der Waals surface area (Å²) in [7, 11) is 0. The molecule has 0 aliphatic carbocycles. The fraction of sp³-hybridized carbons (Fsp3) is 0.688. The third-order valence-electron chi connectivity index (χ3n) is 20.9. The lowest BCUT2D eigenvalue weighted by molar-refractivity contribution is -0.132. The van der Waals surface area contributed by atoms with Gasteiger partial charge >= 0.3 is 5.97 Å². The van der Waals surface area contributed by atoms with E-state index in [0.29, 0.717) is 181 Å². The number of hydrogen-bond acceptors (Lipinski definition) is 17. The maximum Gasteiger partial charge on any atom is 0.308 e. The van der Waals surface area contributed by atoms with Gasteiger partial charge in [0.1, 0.15) is 23.0 Å². The van der Waals surface area contributed by atoms with E-state index >= 15 is 0 Å². The second kappa shape index (κ2) is 35.2. The number of esters is 1. The molecule has 17 heteroatoms. The molecule has 0 fully saturated rings. The molecule has 0 aliphatic rings. The van der Waals surface area contributed by atoms with Crippen LogP contribution in [-0.4, -0.2) is 87.1 Å². The molecule has 0 heterocycles. The van der Waals surface area contributed by atoms with Crippen LogP contribution in [0.2, 0.25) is 0 Å². The van der Waals surface area contributed by atoms with Gasteiger partial charge in [-0.3, -0.25) is 4.79 Å². The molecule has 12 atom stereocenters. The molecule has 0 saturated heterocycles. The lowest BCUT2D eigenvalue weighted by Crippen LogP contribution is -2.29. The van der Waals surface area contributed by atoms with Crippen molar-refractivity contribution in [3.63, 3.8) is 0 Å². The van der Waals surface area contributed by atoms with Crippen molar-refractivity contribution in [3.05, 3.63) is 115 Å². The van der Waals surface area contributed by atoms with Crippen molar-refractivity contribution in [1.82, 2.24) is 0 Å². The largest absolute Gasteiger partial charge is 0.493 e. The number of benzene rings is 4. The van der Waals surface area contributed by atoms with E-state index in [2.05, 4.69) is 0 Å². The molecule has 12 N–H and O–H groups in total. The van der Waals surface area contributed by atoms with Gasteiger partial charge in [-0.2, -0.15) is 0 Å². The summed E-state index contributed by atoms with van der Waals surface area (Å²) in [4.78, 5) is 11.7. The number of ether oxygens (including phenoxy) is 4. The molecule has 12 unspecified atom stereocenters. The Morgan fingerprint density at radius 2 is 0.371 bits per heavy atom. The topological polar surface area (TPSA) is 297 Å². The zero-order valence-electron chi connectivity index (χ0n) is 65.1. The molecule has 0 radical (unpaired) electrons. The Kier molecular flexibility index (Phi) is 32.8. The van der Waals surface area contributed by atoms with Gasteiger partial charge in [0, 0.05) is 51.4 Å². The summed E-state index contributed by atoms with van der Waals surface area (Å²) in [5, 5.41) is 130. The van der Waals surface area contributed by atoms with Crippen LogP contribution >= 0.6 is 0 Å². The van der Waals surface area contributed by atoms with E-state index in [0.717, 1.165) is 0 Å². The van der Waals surface area contributed by atoms with Crippen LogP contribution in [0.1, 0.15) is 338 Å². The molecular formula is C80H134O17. The highest BCUT2D eigenvalue weighted by Gasteiger charge is 2.41. The van der Waals surface area contributed by atoms with E-state index in [-0.39, 0.29) is 5.75 Å². The summed E-state index contributed by atoms with van der Waals surface area (Å²) in [6, 6.07) is 14.2. The fourth-order valence-corrected chi connectivity index (χ4v) is 10.5. The molecule has 97 heavy (non-hydrogen) atoms. The Hall–Kier alpha value is -4.73. The average Bonchev–Trinajstić information content (AvgIpc) is 0.789. The van der Waals surface area contributed by atoms with Crippen molar-refractivity contribution in [2.45, 2.75) is 338 Å². The zero-order chi connectivity index (χ0) is 75.9. The number of carbonyl (C=O) groups is 1. The van der Waals surface area contributed by atoms with Crippen molar-refractivity contribution < 1.29 is 85.0 Å². The molecule has 0 aromatic heterocycles. The molecule has 556 valence electrons. The predicted octanol–water partition coefficient (Wildman–Crippen LogP) is 15.3. The van der Waals surface area contributed by atoms with E-state index in [9.17, 15) is 66.1 Å². The lowest BCUT2D eigenvalue weighted by Gasteiger charge is -2.34. The Morgan fingerprint density at radius 1 is 0.247 bits per heavy atom. The first-order valence-corrected chi connectivity index (χ1v) is 35.7. The molecule has 0 bridgehead atoms. The highest BCUT2D eigenvalue weighted by Crippen LogP contribution is 2.49. The quantitative estimate of drug-likeness (QED) is 0.0165. The minimum absolute atomic E-state index is 0.168. The third-order valence-corrected chi connectivity index (χ3v) is 20.9. The second-order valence-electron chi connectivity index (χ2n) is 29.0. The SMILES string of the molecule is CCC(C)(O)c1cc(C(C)(O)CC)c(OC(C)=O)c(C(C)(O)CC)c1.CCOc1c(C(C)(O)CC)cc(C(C)(O)CC)cc1C(C)(O)CC.CCOc1c(C(C)(O)CC)cc(C(C)(O)CC)cc1C(C)(O)CC.CCOc1c(C(C)(O)CC)cc(C(C)(O)CC)cc1C(C)(O)CC. The predicted molar refractivity (Wildman–Crippen MR) is 389 cm³/mol. The first kappa shape index (κ1) is 90.3. The maximum atomic E-state index is 11.7. The van der Waals surface area contributed by atoms with Gasteiger partial charge in [0.2, 0.25) is 0 Å². The van der Waals surface area contributed by atoms with Crippen molar-refractivity contribution >= 4 is 5.97 Å². The van der Waals surface area contributed by atoms with Crippen LogP contribution in [0.15, 0.2) is 48.5 Å². The molecular weight excluding hydrogens is 1230 g/mol. The zero-order valence-corrected chi connectivity index (χ0v) is 65.1. The van der Waals surface area contributed by atoms with Gasteiger partial charge in [-0.25, -0.2) is 0 Å². The Bertz CT molecular complexity index is 2750. The minimum Gasteiger partial charge on any atom is -0.493 e. The van der Waals surface area contributed by atoms with Crippen LogP contribution in [0, 0.1) is 0 Å². The van der Waals surface area contributed by atoms with Gasteiger partial charge in [-0.15, -0.1) is 0 Å². The van der Waals surface area contributed by atoms with Crippen LogP contribution < -0.4 is 18.9 Å². The van der Waals surface area contributed by atoms with Gasteiger partial charge in [-0.05, 0) is 252 Å². The molecule has 4 aromatic rings. The van der Waals surface area contributed by atoms with Crippen LogP contribution in [0.3, 0.4) is 0 Å². The van der Waals surface area contributed by atoms with Gasteiger partial charge in [0.25, 0.3) is 0 Å². The summed E-state index contributed by atoms with van der Waals surface area (Å²) >= 11 is 0. The highest BCUT2D eigenvalue weighted by molar-refractivity contribution is 5.71. The third kappa shape index (κ3) is 22.4. The maximum absolute atomic E-state index is 11.7. The minimum atomic E-state index is -1.27. The smallest absolute Gasteiger partial charge is 0.308 e. The fourth-order valence-electron chi connectivity index (χ4n) is 10.5. The van der Waals surface area contributed by atoms with Crippen molar-refractivity contribution in [3.8, 4) is 23.0 Å². The summed E-state index contributed by atoms with van der Waals surface area (Å²) in [6.45, 7) is 51.4. The summed E-state index contributed by atoms with van der Waals surface area (Å²) in [5.74, 6) is 1.20. The lowest BCUT2D eigenvalue weighted by atomic mass is 9.80. The monoisotopic (exact) mass is 1370 g/mol. The van der Waals surface area contributed by atoms with Crippen molar-refractivity contribution in [2.24, 2.45) is 0 Å². The Labute approximate surface area is 584 Å². The van der Waals surface area contributed by atoms with E-state index in [1.165, 1.54) is 6.92 Å². The molecule has 4 aromatic carbocycles. The van der Waals surface area contributed by atoms with E-state index in [1.54, 1.807) is 95.2 Å². The van der Waals surface area contributed by atoms with Gasteiger partial charge < -0.3 is 80.2 Å². The molecule has 0 aliphatic heterocycles. The number of hydrogen-bond donors (Lipinski definition) is 12. The second-order valence-corrected chi connectivity index (χ2v) is 29.0. The number of aliphatic hydroxyl groups is 12. The van der Waals surface area contributed by atoms with E-state index in [1.807, 2.05) is 140 Å². The standard InChI is InChI=1S/C20H32O5.3C20H34O4/c1-8-18(5,22)14-11-15(19(6,23)9-2)17(25-13(4)21)16(12-14)20(7,24)10-3;3*1-8-18(5,21)14-12-15(19(6,22)9-2)17(24-11-4)16(13-14)20(7,23)10-3/h11-12,22-24H,8-10H2,1-7H3;3*12-13,21-23H,8-11H2,1-7H3. The summed E-state index contributed by atoms with van der Waals surface area (Å²) in [6.07, 6.45) is 5.80. The highest BCUT2D eigenvalue weighted by atomic mass is 16.5. The molecule has 4 rings (SSSR count). The van der Waals surface area contributed by atoms with Gasteiger partial charge in [0.15, 0.2) is 0 Å². The Morgan fingerprint density at radius 3 is 0.474 bits per heavy atom. The first-order valence-electron chi connectivity index (χ1n) is 35.7. The molecule has 0 saturated carbocycles. The van der Waals surface area contributed by atoms with Crippen molar-refractivity contribution in [1.29, 1.82) is 0 Å². The summed E-state index contributed by atoms with van der Waals surface area (Å²) in [5.41, 5.74) is -6.38. The van der Waals surface area contributed by atoms with Gasteiger partial charge in [-0.1, -0.05) is 83.1 Å². The molecule has 0 spiro atoms. The van der Waals surface area contributed by atoms with Crippen molar-refractivity contribution in [2.75, 3.05) is 19.8 Å². The van der Waals surface area contributed by atoms with Crippen LogP contribution in [0.4, 0.5) is 0 Å². The van der Waals surface area contributed by atoms with Crippen LogP contribution in [0.25, 0.3) is 0 Å². The van der Waals surface area contributed by atoms with E-state index < -0.39 is 73.2 Å².